The zero-order valence-corrected chi connectivity index (χ0v) is 13.1. The fraction of sp³-hybridized carbons (Fsp3) is 0.200. The number of aryl methyl sites for hydroxylation is 1. The largest absolute Gasteiger partial charge is 1.00 e. The Labute approximate surface area is 128 Å². The second-order valence-corrected chi connectivity index (χ2v) is 6.42. The molecular weight excluding hydrogens is 349 g/mol. The number of hydrogen-bond donors (Lipinski definition) is 0. The van der Waals surface area contributed by atoms with Gasteiger partial charge in [0.1, 0.15) is 10.5 Å². The zero-order chi connectivity index (χ0) is 13.6. The van der Waals surface area contributed by atoms with Crippen molar-refractivity contribution >= 4 is 26.1 Å². The fourth-order valence-electron chi connectivity index (χ4n) is 2.24. The lowest BCUT2D eigenvalue weighted by molar-refractivity contribution is -0.0866. The molecule has 0 amide bonds. The lowest BCUT2D eigenvalue weighted by Gasteiger charge is -2.04. The smallest absolute Gasteiger partial charge is 0.601 e. The molecule has 0 bridgehead atoms. The lowest BCUT2D eigenvalue weighted by atomic mass is 10.1. The molecule has 1 atom stereocenters. The van der Waals surface area contributed by atoms with Crippen molar-refractivity contribution in [3.8, 4) is 0 Å². The van der Waals surface area contributed by atoms with Crippen LogP contribution in [-0.4, -0.2) is 0 Å². The van der Waals surface area contributed by atoms with E-state index in [1.165, 1.54) is 0 Å². The van der Waals surface area contributed by atoms with Gasteiger partial charge in [0.2, 0.25) is 0 Å². The maximum Gasteiger partial charge on any atom is 0.601 e. The number of thiophene rings is 1. The van der Waals surface area contributed by atoms with E-state index in [9.17, 15) is 13.2 Å². The fourth-order valence-corrected chi connectivity index (χ4v) is 4.15. The molecule has 0 fully saturated rings. The van der Waals surface area contributed by atoms with Crippen molar-refractivity contribution < 1.29 is 30.2 Å². The molecule has 1 unspecified atom stereocenters. The second kappa shape index (κ2) is 5.37. The summed E-state index contributed by atoms with van der Waals surface area (Å²) in [6.45, 7) is 2.00. The molecule has 0 nitrogen and oxygen atoms in total. The van der Waals surface area contributed by atoms with E-state index in [1.807, 2.05) is 13.0 Å². The quantitative estimate of drug-likeness (QED) is 0.722. The van der Waals surface area contributed by atoms with Gasteiger partial charge in [0.05, 0.1) is 0 Å². The van der Waals surface area contributed by atoms with E-state index in [0.717, 1.165) is 17.4 Å². The molecule has 5 heteroatoms. The summed E-state index contributed by atoms with van der Waals surface area (Å²) in [5.74, 6) is 0. The Hall–Kier alpha value is -1.07. The molecule has 1 heterocycles. The Morgan fingerprint density at radius 3 is 2.35 bits per heavy atom. The third-order valence-electron chi connectivity index (χ3n) is 3.28. The average molecular weight is 361 g/mol. The van der Waals surface area contributed by atoms with Crippen LogP contribution in [0.25, 0.3) is 15.7 Å². The van der Waals surface area contributed by atoms with Gasteiger partial charge < -0.3 is 17.0 Å². The van der Waals surface area contributed by atoms with Crippen LogP contribution in [0.5, 0.6) is 0 Å². The van der Waals surface area contributed by atoms with Gasteiger partial charge in [-0.25, -0.2) is 0 Å². The van der Waals surface area contributed by atoms with Crippen LogP contribution in [0.1, 0.15) is 17.4 Å². The summed E-state index contributed by atoms with van der Waals surface area (Å²) in [6, 6.07) is 7.00. The summed E-state index contributed by atoms with van der Waals surface area (Å²) in [4.78, 5) is 0.401. The number of benzene rings is 1. The normalized spacial score (nSPS) is 14.8. The summed E-state index contributed by atoms with van der Waals surface area (Å²) in [7, 11) is -1.80. The minimum absolute atomic E-state index is 0. The predicted octanol–water partition coefficient (Wildman–Crippen LogP) is 2.58. The third-order valence-corrected chi connectivity index (χ3v) is 5.34. The summed E-state index contributed by atoms with van der Waals surface area (Å²) < 4.78 is 40.3. The first-order chi connectivity index (χ1) is 9.00. The average Bonchev–Trinajstić information content (AvgIpc) is 2.63. The SMILES string of the molecule is CCc1ccc2c(c1)cc(C1=CC=C1)[s+]2C(F)(F)F.[Br-]. The highest BCUT2D eigenvalue weighted by molar-refractivity contribution is 7.39. The van der Waals surface area contributed by atoms with Gasteiger partial charge in [0.15, 0.2) is 9.58 Å². The van der Waals surface area contributed by atoms with E-state index < -0.39 is 16.0 Å². The first-order valence-electron chi connectivity index (χ1n) is 6.05. The van der Waals surface area contributed by atoms with Gasteiger partial charge in [0.25, 0.3) is 0 Å². The van der Waals surface area contributed by atoms with E-state index in [4.69, 9.17) is 0 Å². The molecule has 106 valence electrons. The van der Waals surface area contributed by atoms with Gasteiger partial charge in [-0.05, 0) is 36.3 Å². The molecule has 0 saturated carbocycles. The topological polar surface area (TPSA) is 0 Å². The Bertz CT molecular complexity index is 708. The van der Waals surface area contributed by atoms with Crippen molar-refractivity contribution in [2.75, 3.05) is 0 Å². The van der Waals surface area contributed by atoms with Crippen LogP contribution in [0.2, 0.25) is 0 Å². The molecule has 1 aliphatic carbocycles. The molecule has 3 rings (SSSR count). The van der Waals surface area contributed by atoms with E-state index in [-0.39, 0.29) is 17.0 Å². The monoisotopic (exact) mass is 360 g/mol. The summed E-state index contributed by atoms with van der Waals surface area (Å²) in [5.41, 5.74) is -2.44. The molecule has 0 saturated heterocycles. The molecule has 2 aromatic rings. The Morgan fingerprint density at radius 2 is 1.85 bits per heavy atom. The third kappa shape index (κ3) is 2.44. The highest BCUT2D eigenvalue weighted by Gasteiger charge is 2.48. The van der Waals surface area contributed by atoms with Crippen molar-refractivity contribution in [1.29, 1.82) is 0 Å². The van der Waals surface area contributed by atoms with Crippen molar-refractivity contribution in [1.82, 2.24) is 0 Å². The Balaban J connectivity index is 0.00000147. The van der Waals surface area contributed by atoms with Gasteiger partial charge >= 0.3 is 5.51 Å². The van der Waals surface area contributed by atoms with Crippen LogP contribution in [-0.2, 0) is 11.9 Å². The predicted molar refractivity (Wildman–Crippen MR) is 74.2 cm³/mol. The standard InChI is InChI=1S/C15H12F3S.BrH/c1-2-10-6-7-13-12(8-10)9-14(11-4-3-5-11)19(13)15(16,17)18;/h3-9H,2H2,1H3;1H/q+1;/p-1. The molecule has 1 aromatic carbocycles. The van der Waals surface area contributed by atoms with Crippen molar-refractivity contribution in [3.05, 3.63) is 52.9 Å². The molecule has 0 aliphatic heterocycles. The number of hydrogen-bond acceptors (Lipinski definition) is 0. The van der Waals surface area contributed by atoms with E-state index >= 15 is 0 Å². The van der Waals surface area contributed by atoms with E-state index in [0.29, 0.717) is 15.2 Å². The van der Waals surface area contributed by atoms with Crippen LogP contribution in [0.3, 0.4) is 0 Å². The molecule has 0 spiro atoms. The van der Waals surface area contributed by atoms with Crippen LogP contribution in [0.4, 0.5) is 13.2 Å². The molecule has 1 aliphatic rings. The van der Waals surface area contributed by atoms with Crippen LogP contribution in [0, 0.1) is 0 Å². The Kier molecular flexibility index (Phi) is 4.12. The minimum Gasteiger partial charge on any atom is -1.00 e. The molecule has 20 heavy (non-hydrogen) atoms. The van der Waals surface area contributed by atoms with Crippen molar-refractivity contribution in [2.24, 2.45) is 0 Å². The number of alkyl halides is 3. The summed E-state index contributed by atoms with van der Waals surface area (Å²) in [5, 5.41) is 0.719. The van der Waals surface area contributed by atoms with Gasteiger partial charge in [-0.3, -0.25) is 0 Å². The zero-order valence-electron chi connectivity index (χ0n) is 10.7. The van der Waals surface area contributed by atoms with Gasteiger partial charge in [-0.15, -0.1) is 13.2 Å². The highest BCUT2D eigenvalue weighted by atomic mass is 79.9. The highest BCUT2D eigenvalue weighted by Crippen LogP contribution is 2.53. The molecule has 0 N–H and O–H groups in total. The number of halogens is 4. The number of allylic oxidation sites excluding steroid dienone is 4. The maximum atomic E-state index is 13.3. The summed E-state index contributed by atoms with van der Waals surface area (Å²) in [6.07, 6.45) is 6.09. The second-order valence-electron chi connectivity index (χ2n) is 4.47. The number of rotatable bonds is 2. The van der Waals surface area contributed by atoms with Crippen LogP contribution < -0.4 is 17.0 Å². The number of fused-ring (bicyclic) bond motifs is 1. The van der Waals surface area contributed by atoms with Crippen LogP contribution >= 0.6 is 10.5 Å². The van der Waals surface area contributed by atoms with Crippen molar-refractivity contribution in [3.63, 3.8) is 0 Å². The van der Waals surface area contributed by atoms with Gasteiger partial charge in [-0.1, -0.05) is 19.1 Å². The minimum atomic E-state index is -4.21. The Morgan fingerprint density at radius 1 is 1.15 bits per heavy atom. The summed E-state index contributed by atoms with van der Waals surface area (Å²) >= 11 is 0. The van der Waals surface area contributed by atoms with Gasteiger partial charge in [-0.2, -0.15) is 0 Å². The molecule has 1 aromatic heterocycles. The lowest BCUT2D eigenvalue weighted by Crippen LogP contribution is -3.00. The first-order valence-corrected chi connectivity index (χ1v) is 7.27. The maximum absolute atomic E-state index is 13.3. The van der Waals surface area contributed by atoms with Crippen LogP contribution in [0.15, 0.2) is 42.5 Å². The van der Waals surface area contributed by atoms with Crippen molar-refractivity contribution in [2.45, 2.75) is 18.9 Å². The molecular formula is C15H12BrF3S. The molecule has 0 radical (unpaired) electrons. The van der Waals surface area contributed by atoms with Gasteiger partial charge in [0, 0.05) is 17.0 Å². The van der Waals surface area contributed by atoms with E-state index in [1.54, 1.807) is 36.4 Å². The van der Waals surface area contributed by atoms with E-state index in [2.05, 4.69) is 0 Å². The first kappa shape index (κ1) is 15.3.